The van der Waals surface area contributed by atoms with Crippen LogP contribution in [0.25, 0.3) is 0 Å². The number of rotatable bonds is 1. The maximum atomic E-state index is 11.9. The van der Waals surface area contributed by atoms with E-state index in [9.17, 15) is 4.79 Å². The van der Waals surface area contributed by atoms with Crippen molar-refractivity contribution in [2.45, 2.75) is 25.9 Å². The Kier molecular flexibility index (Phi) is 2.87. The van der Waals surface area contributed by atoms with Crippen molar-refractivity contribution in [2.24, 2.45) is 4.99 Å². The number of hydrogen-bond donors (Lipinski definition) is 1. The van der Waals surface area contributed by atoms with Gasteiger partial charge in [-0.2, -0.15) is 0 Å². The summed E-state index contributed by atoms with van der Waals surface area (Å²) in [5.74, 6) is 0.210. The molecule has 6 nitrogen and oxygen atoms in total. The van der Waals surface area contributed by atoms with Gasteiger partial charge in [0.1, 0.15) is 6.04 Å². The van der Waals surface area contributed by atoms with E-state index in [2.05, 4.69) is 19.9 Å². The van der Waals surface area contributed by atoms with Gasteiger partial charge in [0, 0.05) is 37.5 Å². The summed E-state index contributed by atoms with van der Waals surface area (Å²) >= 11 is 0. The van der Waals surface area contributed by atoms with Gasteiger partial charge in [-0.15, -0.1) is 0 Å². The lowest BCUT2D eigenvalue weighted by Gasteiger charge is -2.34. The van der Waals surface area contributed by atoms with Gasteiger partial charge < -0.3 is 5.73 Å². The molecular weight excluding hydrogens is 242 g/mol. The van der Waals surface area contributed by atoms with Gasteiger partial charge in [-0.3, -0.25) is 9.69 Å². The Morgan fingerprint density at radius 3 is 3.11 bits per heavy atom. The average molecular weight is 257 g/mol. The summed E-state index contributed by atoms with van der Waals surface area (Å²) in [7, 11) is 0. The third-order valence-electron chi connectivity index (χ3n) is 3.55. The highest BCUT2D eigenvalue weighted by atomic mass is 16.1. The molecule has 2 aliphatic rings. The number of aliphatic imine (C=N–C) groups is 1. The van der Waals surface area contributed by atoms with Crippen LogP contribution in [0, 0.1) is 0 Å². The van der Waals surface area contributed by atoms with E-state index in [0.29, 0.717) is 12.5 Å². The van der Waals surface area contributed by atoms with Crippen molar-refractivity contribution in [3.63, 3.8) is 0 Å². The van der Waals surface area contributed by atoms with Crippen molar-refractivity contribution in [3.05, 3.63) is 29.1 Å². The summed E-state index contributed by atoms with van der Waals surface area (Å²) in [4.78, 5) is 26.2. The second kappa shape index (κ2) is 4.55. The Morgan fingerprint density at radius 2 is 2.32 bits per heavy atom. The quantitative estimate of drug-likeness (QED) is 0.784. The SMILES string of the molecule is CC1=CC=NC(=O)C1N1CCc2nc(N)ncc2C1. The molecule has 0 aromatic carbocycles. The van der Waals surface area contributed by atoms with Gasteiger partial charge in [-0.1, -0.05) is 0 Å². The summed E-state index contributed by atoms with van der Waals surface area (Å²) < 4.78 is 0. The number of aromatic nitrogens is 2. The predicted octanol–water partition coefficient (Wildman–Crippen LogP) is 0.343. The predicted molar refractivity (Wildman–Crippen MR) is 71.6 cm³/mol. The Balaban J connectivity index is 1.86. The van der Waals surface area contributed by atoms with E-state index in [1.807, 2.05) is 13.0 Å². The molecule has 0 fully saturated rings. The third kappa shape index (κ3) is 2.15. The summed E-state index contributed by atoms with van der Waals surface area (Å²) in [6.45, 7) is 3.40. The fourth-order valence-electron chi connectivity index (χ4n) is 2.60. The molecule has 6 heteroatoms. The van der Waals surface area contributed by atoms with Crippen LogP contribution >= 0.6 is 0 Å². The van der Waals surface area contributed by atoms with Crippen LogP contribution in [0.1, 0.15) is 18.2 Å². The lowest BCUT2D eigenvalue weighted by atomic mass is 9.99. The number of nitrogen functional groups attached to an aromatic ring is 1. The normalized spacial score (nSPS) is 23.1. The fraction of sp³-hybridized carbons (Fsp3) is 0.385. The van der Waals surface area contributed by atoms with Gasteiger partial charge >= 0.3 is 0 Å². The van der Waals surface area contributed by atoms with Crippen LogP contribution < -0.4 is 5.73 Å². The van der Waals surface area contributed by atoms with Gasteiger partial charge in [-0.25, -0.2) is 15.0 Å². The van der Waals surface area contributed by atoms with Crippen molar-refractivity contribution in [1.29, 1.82) is 0 Å². The third-order valence-corrected chi connectivity index (χ3v) is 3.55. The summed E-state index contributed by atoms with van der Waals surface area (Å²) in [6, 6.07) is -0.254. The van der Waals surface area contributed by atoms with Crippen LogP contribution in [-0.4, -0.2) is 39.6 Å². The van der Waals surface area contributed by atoms with Crippen LogP contribution in [0.2, 0.25) is 0 Å². The largest absolute Gasteiger partial charge is 0.368 e. The monoisotopic (exact) mass is 257 g/mol. The molecule has 2 N–H and O–H groups in total. The Labute approximate surface area is 111 Å². The molecule has 19 heavy (non-hydrogen) atoms. The molecule has 1 unspecified atom stereocenters. The summed E-state index contributed by atoms with van der Waals surface area (Å²) in [6.07, 6.45) is 5.99. The number of fused-ring (bicyclic) bond motifs is 1. The Bertz CT molecular complexity index is 593. The molecule has 0 radical (unpaired) electrons. The number of dihydropyridines is 1. The lowest BCUT2D eigenvalue weighted by Crippen LogP contribution is -2.45. The van der Waals surface area contributed by atoms with Crippen LogP contribution in [-0.2, 0) is 17.8 Å². The van der Waals surface area contributed by atoms with E-state index >= 15 is 0 Å². The highest BCUT2D eigenvalue weighted by Crippen LogP contribution is 2.23. The first-order valence-corrected chi connectivity index (χ1v) is 6.24. The fourth-order valence-corrected chi connectivity index (χ4v) is 2.60. The minimum absolute atomic E-state index is 0.0974. The first kappa shape index (κ1) is 12.0. The van der Waals surface area contributed by atoms with Crippen LogP contribution in [0.5, 0.6) is 0 Å². The Hall–Kier alpha value is -2.08. The number of hydrogen-bond acceptors (Lipinski definition) is 5. The molecule has 3 heterocycles. The molecule has 1 aromatic rings. The van der Waals surface area contributed by atoms with Gasteiger partial charge in [0.05, 0.1) is 5.69 Å². The van der Waals surface area contributed by atoms with Crippen molar-refractivity contribution >= 4 is 18.1 Å². The maximum absolute atomic E-state index is 11.9. The standard InChI is InChI=1S/C13H15N5O/c1-8-2-4-15-12(19)11(8)18-5-3-10-9(7-18)6-16-13(14)17-10/h2,4,6,11H,3,5,7H2,1H3,(H2,14,16,17). The van der Waals surface area contributed by atoms with Gasteiger partial charge in [0.15, 0.2) is 0 Å². The number of carbonyl (C=O) groups excluding carboxylic acids is 1. The van der Waals surface area contributed by atoms with Crippen molar-refractivity contribution in [2.75, 3.05) is 12.3 Å². The zero-order valence-corrected chi connectivity index (χ0v) is 10.7. The molecule has 2 aliphatic heterocycles. The smallest absolute Gasteiger partial charge is 0.267 e. The molecule has 0 aliphatic carbocycles. The number of nitrogens with zero attached hydrogens (tertiary/aromatic N) is 4. The zero-order chi connectivity index (χ0) is 13.4. The van der Waals surface area contributed by atoms with E-state index < -0.39 is 0 Å². The van der Waals surface area contributed by atoms with E-state index in [-0.39, 0.29) is 11.9 Å². The molecule has 0 saturated heterocycles. The number of amides is 1. The molecule has 3 rings (SSSR count). The number of nitrogens with two attached hydrogens (primary N) is 1. The highest BCUT2D eigenvalue weighted by molar-refractivity contribution is 5.97. The molecule has 98 valence electrons. The molecule has 1 aromatic heterocycles. The maximum Gasteiger partial charge on any atom is 0.267 e. The lowest BCUT2D eigenvalue weighted by molar-refractivity contribution is -0.122. The molecular formula is C13H15N5O. The first-order chi connectivity index (χ1) is 9.15. The first-order valence-electron chi connectivity index (χ1n) is 6.24. The van der Waals surface area contributed by atoms with Crippen LogP contribution in [0.3, 0.4) is 0 Å². The molecule has 0 saturated carbocycles. The minimum atomic E-state index is -0.254. The van der Waals surface area contributed by atoms with E-state index in [0.717, 1.165) is 29.8 Å². The molecule has 1 amide bonds. The van der Waals surface area contributed by atoms with Crippen molar-refractivity contribution in [3.8, 4) is 0 Å². The van der Waals surface area contributed by atoms with Crippen LogP contribution in [0.4, 0.5) is 5.95 Å². The van der Waals surface area contributed by atoms with E-state index in [1.165, 1.54) is 0 Å². The highest BCUT2D eigenvalue weighted by Gasteiger charge is 2.31. The molecule has 0 spiro atoms. The van der Waals surface area contributed by atoms with Gasteiger partial charge in [0.25, 0.3) is 5.91 Å². The van der Waals surface area contributed by atoms with Gasteiger partial charge in [0.2, 0.25) is 5.95 Å². The second-order valence-electron chi connectivity index (χ2n) is 4.85. The average Bonchev–Trinajstić information content (AvgIpc) is 2.38. The topological polar surface area (TPSA) is 84.5 Å². The Morgan fingerprint density at radius 1 is 1.47 bits per heavy atom. The summed E-state index contributed by atoms with van der Waals surface area (Å²) in [5.41, 5.74) is 8.63. The van der Waals surface area contributed by atoms with Gasteiger partial charge in [-0.05, 0) is 18.6 Å². The molecule has 1 atom stereocenters. The minimum Gasteiger partial charge on any atom is -0.368 e. The summed E-state index contributed by atoms with van der Waals surface area (Å²) in [5, 5.41) is 0. The number of allylic oxidation sites excluding steroid dienone is 1. The van der Waals surface area contributed by atoms with E-state index in [4.69, 9.17) is 5.73 Å². The van der Waals surface area contributed by atoms with Crippen LogP contribution in [0.15, 0.2) is 22.8 Å². The number of anilines is 1. The van der Waals surface area contributed by atoms with Crippen molar-refractivity contribution in [1.82, 2.24) is 14.9 Å². The second-order valence-corrected chi connectivity index (χ2v) is 4.85. The zero-order valence-electron chi connectivity index (χ0n) is 10.7. The molecule has 0 bridgehead atoms. The van der Waals surface area contributed by atoms with Crippen molar-refractivity contribution < 1.29 is 4.79 Å². The number of carbonyl (C=O) groups is 1. The van der Waals surface area contributed by atoms with E-state index in [1.54, 1.807) is 12.4 Å².